The summed E-state index contributed by atoms with van der Waals surface area (Å²) in [5.74, 6) is -0.504. The van der Waals surface area contributed by atoms with Crippen molar-refractivity contribution >= 4 is 49.9 Å². The van der Waals surface area contributed by atoms with Crippen LogP contribution in [0, 0.1) is 3.57 Å². The van der Waals surface area contributed by atoms with E-state index in [1.54, 1.807) is 19.1 Å². The van der Waals surface area contributed by atoms with Gasteiger partial charge in [-0.05, 0) is 65.3 Å². The van der Waals surface area contributed by atoms with E-state index in [0.717, 1.165) is 25.3 Å². The lowest BCUT2D eigenvalue weighted by atomic mass is 10.1. The molecule has 1 N–H and O–H groups in total. The lowest BCUT2D eigenvalue weighted by molar-refractivity contribution is -0.119. The van der Waals surface area contributed by atoms with Crippen LogP contribution in [0.3, 0.4) is 0 Å². The molecule has 2 aromatic rings. The maximum absolute atomic E-state index is 12.3. The third-order valence-electron chi connectivity index (χ3n) is 3.94. The number of sulfonamides is 1. The molecule has 6 nitrogen and oxygen atoms in total. The Kier molecular flexibility index (Phi) is 7.37. The van der Waals surface area contributed by atoms with Gasteiger partial charge >= 0.3 is 0 Å². The van der Waals surface area contributed by atoms with Gasteiger partial charge in [0.2, 0.25) is 10.0 Å². The number of rotatable bonds is 7. The number of carbonyl (C=O) groups is 1. The van der Waals surface area contributed by atoms with Gasteiger partial charge in [0, 0.05) is 3.57 Å². The zero-order chi connectivity index (χ0) is 20.0. The van der Waals surface area contributed by atoms with Crippen LogP contribution in [0.4, 0.5) is 5.69 Å². The standard InChI is InChI=1S/C19H22IN3O3S/c1-4-15-7-5-6-8-18(15)23(27(3,25)26)13-19(24)22-21-14(2)16-9-11-17(20)12-10-16/h5-12H,4,13H2,1-3H3,(H,22,24)/b21-14-. The second-order valence-electron chi connectivity index (χ2n) is 5.99. The van der Waals surface area contributed by atoms with Crippen molar-refractivity contribution in [2.45, 2.75) is 20.3 Å². The smallest absolute Gasteiger partial charge is 0.260 e. The quantitative estimate of drug-likeness (QED) is 0.361. The number of nitrogens with one attached hydrogen (secondary N) is 1. The minimum absolute atomic E-state index is 0.334. The summed E-state index contributed by atoms with van der Waals surface area (Å²) >= 11 is 2.21. The Morgan fingerprint density at radius 2 is 1.78 bits per heavy atom. The fraction of sp³-hybridized carbons (Fsp3) is 0.263. The summed E-state index contributed by atoms with van der Waals surface area (Å²) in [6.07, 6.45) is 1.75. The fourth-order valence-electron chi connectivity index (χ4n) is 2.50. The van der Waals surface area contributed by atoms with Crippen LogP contribution in [0.2, 0.25) is 0 Å². The molecule has 8 heteroatoms. The molecule has 0 heterocycles. The molecule has 0 atom stereocenters. The molecule has 0 unspecified atom stereocenters. The van der Waals surface area contributed by atoms with E-state index in [-0.39, 0.29) is 6.54 Å². The number of anilines is 1. The van der Waals surface area contributed by atoms with Crippen molar-refractivity contribution in [1.29, 1.82) is 0 Å². The minimum Gasteiger partial charge on any atom is -0.271 e. The number of hydrogen-bond donors (Lipinski definition) is 1. The Balaban J connectivity index is 2.17. The van der Waals surface area contributed by atoms with E-state index in [1.807, 2.05) is 43.3 Å². The minimum atomic E-state index is -3.62. The molecule has 144 valence electrons. The number of hydrazone groups is 1. The van der Waals surface area contributed by atoms with Crippen molar-refractivity contribution in [1.82, 2.24) is 5.43 Å². The Morgan fingerprint density at radius 1 is 1.15 bits per heavy atom. The highest BCUT2D eigenvalue weighted by Gasteiger charge is 2.22. The number of carbonyl (C=O) groups excluding carboxylic acids is 1. The van der Waals surface area contributed by atoms with Crippen LogP contribution in [0.1, 0.15) is 25.0 Å². The van der Waals surface area contributed by atoms with Crippen LogP contribution in [0.15, 0.2) is 53.6 Å². The SMILES string of the molecule is CCc1ccccc1N(CC(=O)N/N=C(/C)c1ccc(I)cc1)S(C)(=O)=O. The van der Waals surface area contributed by atoms with Crippen LogP contribution < -0.4 is 9.73 Å². The van der Waals surface area contributed by atoms with Crippen LogP contribution >= 0.6 is 22.6 Å². The van der Waals surface area contributed by atoms with Crippen molar-refractivity contribution in [3.63, 3.8) is 0 Å². The van der Waals surface area contributed by atoms with Crippen molar-refractivity contribution in [3.8, 4) is 0 Å². The summed E-state index contributed by atoms with van der Waals surface area (Å²) in [7, 11) is -3.62. The van der Waals surface area contributed by atoms with Crippen LogP contribution in [0.25, 0.3) is 0 Å². The van der Waals surface area contributed by atoms with Gasteiger partial charge in [0.15, 0.2) is 0 Å². The molecule has 0 spiro atoms. The molecular weight excluding hydrogens is 477 g/mol. The van der Waals surface area contributed by atoms with E-state index in [2.05, 4.69) is 33.1 Å². The summed E-state index contributed by atoms with van der Waals surface area (Å²) in [6.45, 7) is 3.39. The van der Waals surface area contributed by atoms with Crippen molar-refractivity contribution in [2.24, 2.45) is 5.10 Å². The number of amides is 1. The Morgan fingerprint density at radius 3 is 2.37 bits per heavy atom. The zero-order valence-corrected chi connectivity index (χ0v) is 18.4. The monoisotopic (exact) mass is 499 g/mol. The molecule has 0 saturated heterocycles. The molecule has 0 bridgehead atoms. The van der Waals surface area contributed by atoms with Crippen molar-refractivity contribution < 1.29 is 13.2 Å². The van der Waals surface area contributed by atoms with Crippen LogP contribution in [0.5, 0.6) is 0 Å². The molecule has 0 aliphatic carbocycles. The van der Waals surface area contributed by atoms with Crippen molar-refractivity contribution in [2.75, 3.05) is 17.1 Å². The topological polar surface area (TPSA) is 78.8 Å². The van der Waals surface area contributed by atoms with Crippen LogP contribution in [-0.2, 0) is 21.2 Å². The molecule has 27 heavy (non-hydrogen) atoms. The first-order valence-electron chi connectivity index (χ1n) is 8.37. The van der Waals surface area contributed by atoms with E-state index in [9.17, 15) is 13.2 Å². The van der Waals surface area contributed by atoms with E-state index in [0.29, 0.717) is 17.8 Å². The highest BCUT2D eigenvalue weighted by atomic mass is 127. The third kappa shape index (κ3) is 6.03. The second kappa shape index (κ2) is 9.32. The molecule has 2 aromatic carbocycles. The van der Waals surface area contributed by atoms with Gasteiger partial charge in [-0.1, -0.05) is 37.3 Å². The van der Waals surface area contributed by atoms with Gasteiger partial charge in [0.1, 0.15) is 6.54 Å². The molecule has 2 rings (SSSR count). The predicted molar refractivity (Wildman–Crippen MR) is 118 cm³/mol. The highest BCUT2D eigenvalue weighted by molar-refractivity contribution is 14.1. The van der Waals surface area contributed by atoms with Gasteiger partial charge in [0.25, 0.3) is 5.91 Å². The first-order valence-corrected chi connectivity index (χ1v) is 11.3. The zero-order valence-electron chi connectivity index (χ0n) is 15.4. The number of hydrogen-bond acceptors (Lipinski definition) is 4. The summed E-state index contributed by atoms with van der Waals surface area (Å²) < 4.78 is 26.7. The van der Waals surface area contributed by atoms with Crippen molar-refractivity contribution in [3.05, 3.63) is 63.2 Å². The van der Waals surface area contributed by atoms with Gasteiger partial charge in [-0.2, -0.15) is 5.10 Å². The first kappa shape index (κ1) is 21.4. The average Bonchev–Trinajstić information content (AvgIpc) is 2.63. The summed E-state index contributed by atoms with van der Waals surface area (Å²) in [6, 6.07) is 14.9. The number of aryl methyl sites for hydroxylation is 1. The summed E-state index contributed by atoms with van der Waals surface area (Å²) in [5.41, 5.74) is 5.33. The average molecular weight is 499 g/mol. The molecule has 0 saturated carbocycles. The number of para-hydroxylation sites is 1. The van der Waals surface area contributed by atoms with Gasteiger partial charge in [-0.25, -0.2) is 13.8 Å². The molecule has 0 radical (unpaired) electrons. The molecule has 0 aromatic heterocycles. The van der Waals surface area contributed by atoms with Gasteiger partial charge < -0.3 is 0 Å². The number of benzene rings is 2. The maximum Gasteiger partial charge on any atom is 0.260 e. The lowest BCUT2D eigenvalue weighted by Crippen LogP contribution is -2.39. The highest BCUT2D eigenvalue weighted by Crippen LogP contribution is 2.23. The molecule has 1 amide bonds. The Bertz CT molecular complexity index is 941. The largest absolute Gasteiger partial charge is 0.271 e. The number of halogens is 1. The maximum atomic E-state index is 12.3. The fourth-order valence-corrected chi connectivity index (χ4v) is 3.75. The van der Waals surface area contributed by atoms with E-state index < -0.39 is 15.9 Å². The van der Waals surface area contributed by atoms with Gasteiger partial charge in [0.05, 0.1) is 17.7 Å². The number of nitrogens with zero attached hydrogens (tertiary/aromatic N) is 2. The second-order valence-corrected chi connectivity index (χ2v) is 9.14. The molecule has 0 aliphatic rings. The van der Waals surface area contributed by atoms with E-state index >= 15 is 0 Å². The van der Waals surface area contributed by atoms with Gasteiger partial charge in [-0.15, -0.1) is 0 Å². The molecule has 0 aliphatic heterocycles. The third-order valence-corrected chi connectivity index (χ3v) is 5.78. The normalized spacial score (nSPS) is 11.9. The lowest BCUT2D eigenvalue weighted by Gasteiger charge is -2.23. The Hall–Kier alpha value is -1.94. The Labute approximate surface area is 173 Å². The van der Waals surface area contributed by atoms with Crippen LogP contribution in [-0.4, -0.2) is 32.8 Å². The molecular formula is C19H22IN3O3S. The van der Waals surface area contributed by atoms with Gasteiger partial charge in [-0.3, -0.25) is 9.10 Å². The first-order chi connectivity index (χ1) is 12.7. The van der Waals surface area contributed by atoms with E-state index in [1.165, 1.54) is 0 Å². The summed E-state index contributed by atoms with van der Waals surface area (Å²) in [4.78, 5) is 12.3. The van der Waals surface area contributed by atoms with E-state index in [4.69, 9.17) is 0 Å². The molecule has 0 fully saturated rings. The predicted octanol–water partition coefficient (Wildman–Crippen LogP) is 3.16. The summed E-state index contributed by atoms with van der Waals surface area (Å²) in [5, 5.41) is 4.09.